The van der Waals surface area contributed by atoms with E-state index in [9.17, 15) is 0 Å². The Morgan fingerprint density at radius 1 is 1.39 bits per heavy atom. The maximum Gasteiger partial charge on any atom is 0.135 e. The molecule has 0 bridgehead atoms. The molecule has 0 radical (unpaired) electrons. The summed E-state index contributed by atoms with van der Waals surface area (Å²) in [7, 11) is 0. The lowest BCUT2D eigenvalue weighted by atomic mass is 10.2. The topological polar surface area (TPSA) is 50.7 Å². The van der Waals surface area contributed by atoms with Crippen molar-refractivity contribution in [3.63, 3.8) is 0 Å². The third kappa shape index (κ3) is 3.17. The Morgan fingerprint density at radius 3 is 2.78 bits per heavy atom. The van der Waals surface area contributed by atoms with E-state index in [1.165, 1.54) is 4.88 Å². The van der Waals surface area contributed by atoms with Gasteiger partial charge >= 0.3 is 0 Å². The number of aryl methyl sites for hydroxylation is 1. The summed E-state index contributed by atoms with van der Waals surface area (Å²) in [5.41, 5.74) is 2.90. The molecule has 0 aliphatic carbocycles. The molecule has 0 aromatic carbocycles. The first kappa shape index (κ1) is 13.2. The maximum atomic E-state index is 5.99. The number of thiazole rings is 1. The number of rotatable bonds is 4. The lowest BCUT2D eigenvalue weighted by molar-refractivity contribution is 0.774. The van der Waals surface area contributed by atoms with Crippen LogP contribution < -0.4 is 5.32 Å². The molecule has 0 saturated carbocycles. The number of halogens is 1. The summed E-state index contributed by atoms with van der Waals surface area (Å²) in [6, 6.07) is 1.74. The predicted octanol–water partition coefficient (Wildman–Crippen LogP) is 3.63. The second kappa shape index (κ2) is 5.63. The molecular weight excluding hydrogens is 268 g/mol. The monoisotopic (exact) mass is 282 g/mol. The zero-order valence-electron chi connectivity index (χ0n) is 10.6. The smallest absolute Gasteiger partial charge is 0.135 e. The minimum atomic E-state index is 0.259. The molecule has 0 aliphatic heterocycles. The molecule has 2 aromatic heterocycles. The fourth-order valence-electron chi connectivity index (χ4n) is 1.45. The highest BCUT2D eigenvalue weighted by Crippen LogP contribution is 2.19. The quantitative estimate of drug-likeness (QED) is 0.870. The van der Waals surface area contributed by atoms with Crippen molar-refractivity contribution in [1.82, 2.24) is 15.0 Å². The Bertz CT molecular complexity index is 539. The van der Waals surface area contributed by atoms with Crippen molar-refractivity contribution >= 4 is 28.8 Å². The summed E-state index contributed by atoms with van der Waals surface area (Å²) in [4.78, 5) is 14.1. The SMILES string of the molecule is Cc1ncsc1CNc1cc(Cl)nc(C(C)C)n1. The van der Waals surface area contributed by atoms with Gasteiger partial charge in [-0.2, -0.15) is 0 Å². The van der Waals surface area contributed by atoms with Crippen LogP contribution in [0.1, 0.15) is 36.2 Å². The third-order valence-corrected chi connectivity index (χ3v) is 3.63. The molecule has 2 heterocycles. The van der Waals surface area contributed by atoms with Gasteiger partial charge in [0.15, 0.2) is 0 Å². The number of hydrogen-bond donors (Lipinski definition) is 1. The van der Waals surface area contributed by atoms with Crippen LogP contribution in [0.3, 0.4) is 0 Å². The van der Waals surface area contributed by atoms with Crippen LogP contribution in [0.5, 0.6) is 0 Å². The van der Waals surface area contributed by atoms with E-state index >= 15 is 0 Å². The first-order valence-electron chi connectivity index (χ1n) is 5.73. The fraction of sp³-hybridized carbons (Fsp3) is 0.417. The van der Waals surface area contributed by atoms with Gasteiger partial charge in [0, 0.05) is 16.9 Å². The van der Waals surface area contributed by atoms with E-state index in [0.717, 1.165) is 17.3 Å². The Hall–Kier alpha value is -1.20. The van der Waals surface area contributed by atoms with Gasteiger partial charge in [-0.1, -0.05) is 25.4 Å². The highest BCUT2D eigenvalue weighted by molar-refractivity contribution is 7.09. The van der Waals surface area contributed by atoms with Gasteiger partial charge in [0.1, 0.15) is 16.8 Å². The summed E-state index contributed by atoms with van der Waals surface area (Å²) >= 11 is 7.62. The molecule has 0 spiro atoms. The van der Waals surface area contributed by atoms with Crippen LogP contribution in [-0.4, -0.2) is 15.0 Å². The lowest BCUT2D eigenvalue weighted by Gasteiger charge is -2.09. The van der Waals surface area contributed by atoms with E-state index in [2.05, 4.69) is 20.3 Å². The van der Waals surface area contributed by atoms with Gasteiger partial charge in [0.2, 0.25) is 0 Å². The van der Waals surface area contributed by atoms with Crippen molar-refractivity contribution in [2.45, 2.75) is 33.2 Å². The van der Waals surface area contributed by atoms with Crippen molar-refractivity contribution in [2.75, 3.05) is 5.32 Å². The normalized spacial score (nSPS) is 10.9. The van der Waals surface area contributed by atoms with Crippen molar-refractivity contribution in [3.05, 3.63) is 33.1 Å². The molecule has 6 heteroatoms. The molecule has 0 fully saturated rings. The zero-order chi connectivity index (χ0) is 13.1. The van der Waals surface area contributed by atoms with Crippen molar-refractivity contribution in [1.29, 1.82) is 0 Å². The standard InChI is InChI=1S/C12H15ClN4S/c1-7(2)12-16-10(13)4-11(17-12)14-5-9-8(3)15-6-18-9/h4,6-7H,5H2,1-3H3,(H,14,16,17). The molecule has 0 saturated heterocycles. The van der Waals surface area contributed by atoms with Gasteiger partial charge in [-0.25, -0.2) is 15.0 Å². The average molecular weight is 283 g/mol. The van der Waals surface area contributed by atoms with Crippen LogP contribution in [0.2, 0.25) is 5.15 Å². The number of hydrogen-bond acceptors (Lipinski definition) is 5. The lowest BCUT2D eigenvalue weighted by Crippen LogP contribution is -2.05. The van der Waals surface area contributed by atoms with E-state index < -0.39 is 0 Å². The maximum absolute atomic E-state index is 5.99. The van der Waals surface area contributed by atoms with Crippen LogP contribution in [0.15, 0.2) is 11.6 Å². The summed E-state index contributed by atoms with van der Waals surface area (Å²) in [6.07, 6.45) is 0. The summed E-state index contributed by atoms with van der Waals surface area (Å²) < 4.78 is 0. The predicted molar refractivity (Wildman–Crippen MR) is 75.3 cm³/mol. The molecule has 2 rings (SSSR count). The zero-order valence-corrected chi connectivity index (χ0v) is 12.1. The second-order valence-corrected chi connectivity index (χ2v) is 5.63. The minimum absolute atomic E-state index is 0.259. The van der Waals surface area contributed by atoms with Gasteiger partial charge < -0.3 is 5.32 Å². The van der Waals surface area contributed by atoms with Gasteiger partial charge in [-0.3, -0.25) is 0 Å². The van der Waals surface area contributed by atoms with E-state index in [-0.39, 0.29) is 5.92 Å². The highest BCUT2D eigenvalue weighted by Gasteiger charge is 2.08. The summed E-state index contributed by atoms with van der Waals surface area (Å²) in [5.74, 6) is 1.77. The summed E-state index contributed by atoms with van der Waals surface area (Å²) in [5, 5.41) is 3.73. The molecule has 4 nitrogen and oxygen atoms in total. The van der Waals surface area contributed by atoms with Crippen molar-refractivity contribution in [2.24, 2.45) is 0 Å². The van der Waals surface area contributed by atoms with Crippen molar-refractivity contribution in [3.8, 4) is 0 Å². The molecule has 96 valence electrons. The average Bonchev–Trinajstić information content (AvgIpc) is 2.71. The molecule has 0 amide bonds. The Labute approximate surface area is 115 Å². The van der Waals surface area contributed by atoms with Crippen LogP contribution in [0.4, 0.5) is 5.82 Å². The van der Waals surface area contributed by atoms with E-state index in [4.69, 9.17) is 11.6 Å². The molecule has 1 N–H and O–H groups in total. The van der Waals surface area contributed by atoms with Crippen LogP contribution in [0.25, 0.3) is 0 Å². The summed E-state index contributed by atoms with van der Waals surface area (Å²) in [6.45, 7) is 6.80. The molecule has 0 aliphatic rings. The molecule has 18 heavy (non-hydrogen) atoms. The second-order valence-electron chi connectivity index (χ2n) is 4.30. The number of aromatic nitrogens is 3. The highest BCUT2D eigenvalue weighted by atomic mass is 35.5. The van der Waals surface area contributed by atoms with E-state index in [0.29, 0.717) is 11.7 Å². The van der Waals surface area contributed by atoms with Gasteiger partial charge in [-0.15, -0.1) is 11.3 Å². The van der Waals surface area contributed by atoms with Gasteiger partial charge in [-0.05, 0) is 6.92 Å². The molecule has 0 unspecified atom stereocenters. The van der Waals surface area contributed by atoms with Crippen LogP contribution in [-0.2, 0) is 6.54 Å². The first-order valence-corrected chi connectivity index (χ1v) is 6.99. The number of nitrogens with one attached hydrogen (secondary N) is 1. The van der Waals surface area contributed by atoms with E-state index in [1.807, 2.05) is 26.3 Å². The third-order valence-electron chi connectivity index (χ3n) is 2.50. The number of anilines is 1. The number of nitrogens with zero attached hydrogens (tertiary/aromatic N) is 3. The minimum Gasteiger partial charge on any atom is -0.365 e. The van der Waals surface area contributed by atoms with Gasteiger partial charge in [0.25, 0.3) is 0 Å². The first-order chi connectivity index (χ1) is 8.56. The molecule has 0 atom stereocenters. The molecular formula is C12H15ClN4S. The van der Waals surface area contributed by atoms with Crippen LogP contribution >= 0.6 is 22.9 Å². The largest absolute Gasteiger partial charge is 0.365 e. The van der Waals surface area contributed by atoms with E-state index in [1.54, 1.807) is 17.4 Å². The molecule has 2 aromatic rings. The Balaban J connectivity index is 2.12. The Kier molecular flexibility index (Phi) is 4.14. The fourth-order valence-corrected chi connectivity index (χ4v) is 2.36. The Morgan fingerprint density at radius 2 is 2.17 bits per heavy atom. The van der Waals surface area contributed by atoms with Crippen molar-refractivity contribution < 1.29 is 0 Å². The van der Waals surface area contributed by atoms with Crippen LogP contribution in [0, 0.1) is 6.92 Å². The van der Waals surface area contributed by atoms with Gasteiger partial charge in [0.05, 0.1) is 17.7 Å².